The quantitative estimate of drug-likeness (QED) is 0.791. The van der Waals surface area contributed by atoms with E-state index in [1.807, 2.05) is 0 Å². The van der Waals surface area contributed by atoms with E-state index >= 15 is 0 Å². The van der Waals surface area contributed by atoms with Crippen LogP contribution in [0, 0.1) is 18.6 Å². The number of hydrogen-bond donors (Lipinski definition) is 0. The molecule has 0 heterocycles. The Hall–Kier alpha value is -1.94. The Morgan fingerprint density at radius 2 is 1.95 bits per heavy atom. The molecule has 0 aliphatic heterocycles. The number of aryl methyl sites for hydroxylation is 1. The first kappa shape index (κ1) is 14.5. The lowest BCUT2D eigenvalue weighted by molar-refractivity contribution is 0.0917. The Labute approximate surface area is 119 Å². The third kappa shape index (κ3) is 3.33. The van der Waals surface area contributed by atoms with E-state index in [9.17, 15) is 13.6 Å². The molecule has 0 amide bonds. The first-order valence-corrected chi connectivity index (χ1v) is 6.22. The van der Waals surface area contributed by atoms with Gasteiger partial charge in [-0.05, 0) is 42.8 Å². The molecule has 2 nitrogen and oxygen atoms in total. The van der Waals surface area contributed by atoms with Crippen LogP contribution in [0.25, 0.3) is 0 Å². The zero-order valence-electron chi connectivity index (χ0n) is 10.6. The summed E-state index contributed by atoms with van der Waals surface area (Å²) in [5.41, 5.74) is 0.613. The zero-order valence-corrected chi connectivity index (χ0v) is 11.4. The predicted molar refractivity (Wildman–Crippen MR) is 72.4 cm³/mol. The van der Waals surface area contributed by atoms with E-state index in [4.69, 9.17) is 16.3 Å². The molecule has 104 valence electrons. The minimum Gasteiger partial charge on any atom is -0.485 e. The van der Waals surface area contributed by atoms with Gasteiger partial charge in [0.05, 0.1) is 5.56 Å². The number of ether oxygens (including phenoxy) is 1. The maximum absolute atomic E-state index is 13.4. The average molecular weight is 297 g/mol. The third-order valence-electron chi connectivity index (χ3n) is 2.73. The van der Waals surface area contributed by atoms with E-state index in [-0.39, 0.29) is 12.2 Å². The van der Waals surface area contributed by atoms with Crippen LogP contribution in [0.5, 0.6) is 5.75 Å². The van der Waals surface area contributed by atoms with Crippen LogP contribution >= 0.6 is 11.6 Å². The molecule has 20 heavy (non-hydrogen) atoms. The molecule has 0 aliphatic carbocycles. The molecule has 0 fully saturated rings. The van der Waals surface area contributed by atoms with Gasteiger partial charge in [-0.3, -0.25) is 4.79 Å². The Bertz CT molecular complexity index is 656. The van der Waals surface area contributed by atoms with Gasteiger partial charge in [-0.1, -0.05) is 11.6 Å². The molecular formula is C15H11ClF2O2. The highest BCUT2D eigenvalue weighted by Crippen LogP contribution is 2.21. The third-order valence-corrected chi connectivity index (χ3v) is 3.15. The van der Waals surface area contributed by atoms with Gasteiger partial charge < -0.3 is 4.74 Å². The molecule has 0 unspecified atom stereocenters. The van der Waals surface area contributed by atoms with E-state index < -0.39 is 17.4 Å². The Kier molecular flexibility index (Phi) is 4.35. The second-order valence-corrected chi connectivity index (χ2v) is 4.65. The van der Waals surface area contributed by atoms with Gasteiger partial charge >= 0.3 is 0 Å². The summed E-state index contributed by atoms with van der Waals surface area (Å²) in [5, 5.41) is 0.591. The van der Waals surface area contributed by atoms with Crippen LogP contribution in [-0.2, 0) is 0 Å². The maximum atomic E-state index is 13.4. The van der Waals surface area contributed by atoms with Crippen LogP contribution in [0.15, 0.2) is 36.4 Å². The van der Waals surface area contributed by atoms with Crippen molar-refractivity contribution in [1.29, 1.82) is 0 Å². The monoisotopic (exact) mass is 296 g/mol. The summed E-state index contributed by atoms with van der Waals surface area (Å²) in [4.78, 5) is 11.8. The minimum atomic E-state index is -0.897. The fourth-order valence-electron chi connectivity index (χ4n) is 1.65. The van der Waals surface area contributed by atoms with Gasteiger partial charge in [0, 0.05) is 11.1 Å². The van der Waals surface area contributed by atoms with Gasteiger partial charge in [0.2, 0.25) is 5.78 Å². The summed E-state index contributed by atoms with van der Waals surface area (Å²) in [5.74, 6) is -1.72. The predicted octanol–water partition coefficient (Wildman–Crippen LogP) is 4.19. The van der Waals surface area contributed by atoms with Crippen LogP contribution in [0.3, 0.4) is 0 Å². The number of Topliss-reactive ketones (excluding diaryl/α,β-unsaturated/α-hetero) is 1. The molecule has 2 aromatic rings. The van der Waals surface area contributed by atoms with E-state index in [2.05, 4.69) is 0 Å². The van der Waals surface area contributed by atoms with E-state index in [1.165, 1.54) is 0 Å². The highest BCUT2D eigenvalue weighted by atomic mass is 35.5. The second kappa shape index (κ2) is 6.01. The summed E-state index contributed by atoms with van der Waals surface area (Å²) >= 11 is 5.87. The summed E-state index contributed by atoms with van der Waals surface area (Å²) in [6.07, 6.45) is 0. The van der Waals surface area contributed by atoms with Crippen molar-refractivity contribution in [3.8, 4) is 5.75 Å². The normalized spacial score (nSPS) is 10.4. The summed E-state index contributed by atoms with van der Waals surface area (Å²) in [7, 11) is 0. The van der Waals surface area contributed by atoms with Gasteiger partial charge in [0.1, 0.15) is 17.4 Å². The van der Waals surface area contributed by atoms with Crippen LogP contribution in [0.4, 0.5) is 8.78 Å². The smallest absolute Gasteiger partial charge is 0.203 e. The van der Waals surface area contributed by atoms with Gasteiger partial charge in [-0.15, -0.1) is 0 Å². The fourth-order valence-corrected chi connectivity index (χ4v) is 1.77. The molecule has 0 aromatic heterocycles. The number of benzene rings is 2. The zero-order chi connectivity index (χ0) is 14.7. The lowest BCUT2D eigenvalue weighted by Gasteiger charge is -2.07. The van der Waals surface area contributed by atoms with Crippen molar-refractivity contribution in [1.82, 2.24) is 0 Å². The molecule has 0 saturated heterocycles. The van der Waals surface area contributed by atoms with Crippen molar-refractivity contribution >= 4 is 17.4 Å². The van der Waals surface area contributed by atoms with Crippen molar-refractivity contribution in [2.45, 2.75) is 6.92 Å². The maximum Gasteiger partial charge on any atom is 0.203 e. The first-order chi connectivity index (χ1) is 9.47. The number of carbonyl (C=O) groups is 1. The van der Waals surface area contributed by atoms with Crippen LogP contribution < -0.4 is 4.74 Å². The largest absolute Gasteiger partial charge is 0.485 e. The molecule has 0 saturated carbocycles. The second-order valence-electron chi connectivity index (χ2n) is 4.25. The summed E-state index contributed by atoms with van der Waals surface area (Å²) in [6, 6.07) is 7.74. The van der Waals surface area contributed by atoms with Crippen molar-refractivity contribution in [2.24, 2.45) is 0 Å². The fraction of sp³-hybridized carbons (Fsp3) is 0.133. The molecular weight excluding hydrogens is 286 g/mol. The first-order valence-electron chi connectivity index (χ1n) is 5.84. The topological polar surface area (TPSA) is 26.3 Å². The van der Waals surface area contributed by atoms with E-state index in [0.717, 1.165) is 17.7 Å². The van der Waals surface area contributed by atoms with Crippen LogP contribution in [-0.4, -0.2) is 12.4 Å². The number of halogens is 3. The number of ketones is 1. The highest BCUT2D eigenvalue weighted by molar-refractivity contribution is 6.31. The Morgan fingerprint density at radius 3 is 2.60 bits per heavy atom. The van der Waals surface area contributed by atoms with Crippen molar-refractivity contribution in [3.63, 3.8) is 0 Å². The Morgan fingerprint density at radius 1 is 1.20 bits per heavy atom. The SMILES string of the molecule is Cc1cc(OCC(=O)c2ccc(F)cc2F)ccc1Cl. The van der Waals surface area contributed by atoms with Crippen LogP contribution in [0.1, 0.15) is 15.9 Å². The number of rotatable bonds is 4. The van der Waals surface area contributed by atoms with Crippen LogP contribution in [0.2, 0.25) is 5.02 Å². The van der Waals surface area contributed by atoms with Crippen molar-refractivity contribution in [3.05, 3.63) is 64.2 Å². The highest BCUT2D eigenvalue weighted by Gasteiger charge is 2.13. The molecule has 0 N–H and O–H groups in total. The molecule has 2 aromatic carbocycles. The summed E-state index contributed by atoms with van der Waals surface area (Å²) < 4.78 is 31.4. The lowest BCUT2D eigenvalue weighted by Crippen LogP contribution is -2.13. The van der Waals surface area contributed by atoms with Gasteiger partial charge in [0.15, 0.2) is 6.61 Å². The standard InChI is InChI=1S/C15H11ClF2O2/c1-9-6-11(3-5-13(9)16)20-8-15(19)12-4-2-10(17)7-14(12)18/h2-7H,8H2,1H3. The summed E-state index contributed by atoms with van der Waals surface area (Å²) in [6.45, 7) is 1.47. The van der Waals surface area contributed by atoms with Crippen molar-refractivity contribution in [2.75, 3.05) is 6.61 Å². The molecule has 0 spiro atoms. The molecule has 0 aliphatic rings. The molecule has 0 bridgehead atoms. The molecule has 0 atom stereocenters. The van der Waals surface area contributed by atoms with Gasteiger partial charge in [-0.2, -0.15) is 0 Å². The van der Waals surface area contributed by atoms with E-state index in [1.54, 1.807) is 25.1 Å². The lowest BCUT2D eigenvalue weighted by atomic mass is 10.1. The average Bonchev–Trinajstić information content (AvgIpc) is 2.40. The molecule has 2 rings (SSSR count). The minimum absolute atomic E-state index is 0.197. The van der Waals surface area contributed by atoms with Crippen molar-refractivity contribution < 1.29 is 18.3 Å². The Balaban J connectivity index is 2.06. The molecule has 0 radical (unpaired) electrons. The number of carbonyl (C=O) groups excluding carboxylic acids is 1. The number of hydrogen-bond acceptors (Lipinski definition) is 2. The van der Waals surface area contributed by atoms with Gasteiger partial charge in [0.25, 0.3) is 0 Å². The molecule has 5 heteroatoms. The van der Waals surface area contributed by atoms with E-state index in [0.29, 0.717) is 16.8 Å². The van der Waals surface area contributed by atoms with Gasteiger partial charge in [-0.25, -0.2) is 8.78 Å².